The van der Waals surface area contributed by atoms with Gasteiger partial charge in [0.1, 0.15) is 24.3 Å². The highest BCUT2D eigenvalue weighted by Crippen LogP contribution is 2.01. The van der Waals surface area contributed by atoms with E-state index in [0.717, 1.165) is 11.6 Å². The second kappa shape index (κ2) is 6.27. The summed E-state index contributed by atoms with van der Waals surface area (Å²) in [5.74, 6) is 1.54. The minimum atomic E-state index is -0.00971. The molecule has 2 rings (SSSR count). The third-order valence-electron chi connectivity index (χ3n) is 3.00. The lowest BCUT2D eigenvalue weighted by molar-refractivity contribution is -0.121. The maximum Gasteiger partial charge on any atom is 0.221 e. The van der Waals surface area contributed by atoms with Crippen molar-refractivity contribution in [2.75, 3.05) is 6.54 Å². The number of nitrogens with one attached hydrogen (secondary N) is 1. The molecule has 1 N–H and O–H groups in total. The van der Waals surface area contributed by atoms with E-state index in [4.69, 9.17) is 0 Å². The van der Waals surface area contributed by atoms with Crippen LogP contribution >= 0.6 is 0 Å². The Balaban J connectivity index is 1.74. The summed E-state index contributed by atoms with van der Waals surface area (Å²) in [7, 11) is 0. The van der Waals surface area contributed by atoms with Gasteiger partial charge in [0.25, 0.3) is 0 Å². The quantitative estimate of drug-likeness (QED) is 0.817. The molecule has 108 valence electrons. The van der Waals surface area contributed by atoms with Crippen LogP contribution in [-0.4, -0.2) is 42.0 Å². The first-order chi connectivity index (χ1) is 9.56. The van der Waals surface area contributed by atoms with Gasteiger partial charge >= 0.3 is 0 Å². The van der Waals surface area contributed by atoms with Crippen LogP contribution in [-0.2, 0) is 11.3 Å². The van der Waals surface area contributed by atoms with Crippen LogP contribution in [0.25, 0.3) is 0 Å². The molecule has 0 aliphatic carbocycles. The van der Waals surface area contributed by atoms with Gasteiger partial charge in [0.05, 0.1) is 12.6 Å². The zero-order chi connectivity index (χ0) is 14.5. The number of aryl methyl sites for hydroxylation is 3. The topological polar surface area (TPSA) is 90.5 Å². The molecule has 1 atom stereocenters. The highest BCUT2D eigenvalue weighted by molar-refractivity contribution is 5.75. The van der Waals surface area contributed by atoms with Crippen molar-refractivity contribution in [3.63, 3.8) is 0 Å². The van der Waals surface area contributed by atoms with E-state index in [9.17, 15) is 4.79 Å². The highest BCUT2D eigenvalue weighted by Gasteiger charge is 2.09. The number of amides is 1. The molecular weight excluding hydrogens is 258 g/mol. The van der Waals surface area contributed by atoms with E-state index in [1.54, 1.807) is 15.7 Å². The van der Waals surface area contributed by atoms with E-state index >= 15 is 0 Å². The van der Waals surface area contributed by atoms with Crippen LogP contribution in [0.2, 0.25) is 0 Å². The Labute approximate surface area is 117 Å². The normalized spacial score (nSPS) is 12.3. The molecule has 8 heteroatoms. The summed E-state index contributed by atoms with van der Waals surface area (Å²) >= 11 is 0. The number of hydrogen-bond acceptors (Lipinski definition) is 5. The maximum atomic E-state index is 11.8. The minimum absolute atomic E-state index is 0.00971. The molecule has 0 aromatic carbocycles. The Morgan fingerprint density at radius 3 is 2.85 bits per heavy atom. The molecule has 2 heterocycles. The standard InChI is InChI=1S/C12H19N7O/c1-9(19-8-13-7-15-19)6-14-12(20)4-5-18-11(3)16-10(2)17-18/h7-9H,4-6H2,1-3H3,(H,14,20). The minimum Gasteiger partial charge on any atom is -0.354 e. The van der Waals surface area contributed by atoms with Gasteiger partial charge in [0.2, 0.25) is 5.91 Å². The molecule has 1 unspecified atom stereocenters. The molecule has 20 heavy (non-hydrogen) atoms. The zero-order valence-electron chi connectivity index (χ0n) is 11.9. The van der Waals surface area contributed by atoms with Crippen molar-refractivity contribution >= 4 is 5.91 Å². The summed E-state index contributed by atoms with van der Waals surface area (Å²) < 4.78 is 3.46. The summed E-state index contributed by atoms with van der Waals surface area (Å²) in [6, 6.07) is 0.0804. The van der Waals surface area contributed by atoms with Crippen molar-refractivity contribution in [3.05, 3.63) is 24.3 Å². The van der Waals surface area contributed by atoms with Crippen molar-refractivity contribution < 1.29 is 4.79 Å². The predicted octanol–water partition coefficient (Wildman–Crippen LogP) is 0.254. The second-order valence-corrected chi connectivity index (χ2v) is 4.71. The van der Waals surface area contributed by atoms with Crippen LogP contribution in [0.4, 0.5) is 0 Å². The predicted molar refractivity (Wildman–Crippen MR) is 71.9 cm³/mol. The number of aromatic nitrogens is 6. The first-order valence-electron chi connectivity index (χ1n) is 6.55. The van der Waals surface area contributed by atoms with E-state index in [1.165, 1.54) is 6.33 Å². The van der Waals surface area contributed by atoms with Crippen molar-refractivity contribution in [1.82, 2.24) is 34.8 Å². The Morgan fingerprint density at radius 1 is 1.45 bits per heavy atom. The molecule has 1 amide bonds. The van der Waals surface area contributed by atoms with Gasteiger partial charge in [-0.2, -0.15) is 10.2 Å². The SMILES string of the molecule is Cc1nc(C)n(CCC(=O)NCC(C)n2cncn2)n1. The van der Waals surface area contributed by atoms with Gasteiger partial charge in [-0.1, -0.05) is 0 Å². The largest absolute Gasteiger partial charge is 0.354 e. The van der Waals surface area contributed by atoms with Gasteiger partial charge in [-0.05, 0) is 20.8 Å². The molecule has 0 spiro atoms. The van der Waals surface area contributed by atoms with E-state index < -0.39 is 0 Å². The highest BCUT2D eigenvalue weighted by atomic mass is 16.1. The molecule has 8 nitrogen and oxygen atoms in total. The number of hydrogen-bond donors (Lipinski definition) is 1. The molecule has 2 aromatic rings. The zero-order valence-corrected chi connectivity index (χ0v) is 11.9. The third kappa shape index (κ3) is 3.62. The van der Waals surface area contributed by atoms with Gasteiger partial charge in [-0.25, -0.2) is 19.3 Å². The van der Waals surface area contributed by atoms with Gasteiger partial charge in [-0.3, -0.25) is 4.79 Å². The Morgan fingerprint density at radius 2 is 2.25 bits per heavy atom. The van der Waals surface area contributed by atoms with Gasteiger partial charge in [-0.15, -0.1) is 0 Å². The number of carbonyl (C=O) groups is 1. The van der Waals surface area contributed by atoms with Gasteiger partial charge in [0.15, 0.2) is 0 Å². The summed E-state index contributed by atoms with van der Waals surface area (Å²) in [4.78, 5) is 19.9. The Kier molecular flexibility index (Phi) is 4.44. The smallest absolute Gasteiger partial charge is 0.221 e. The molecular formula is C12H19N7O. The van der Waals surface area contributed by atoms with E-state index in [2.05, 4.69) is 25.5 Å². The number of rotatable bonds is 6. The van der Waals surface area contributed by atoms with E-state index in [0.29, 0.717) is 19.5 Å². The van der Waals surface area contributed by atoms with Crippen LogP contribution in [0, 0.1) is 13.8 Å². The third-order valence-corrected chi connectivity index (χ3v) is 3.00. The second-order valence-electron chi connectivity index (χ2n) is 4.71. The van der Waals surface area contributed by atoms with E-state index in [-0.39, 0.29) is 11.9 Å². The first-order valence-corrected chi connectivity index (χ1v) is 6.55. The Hall–Kier alpha value is -2.25. The summed E-state index contributed by atoms with van der Waals surface area (Å²) in [5.41, 5.74) is 0. The van der Waals surface area contributed by atoms with Crippen molar-refractivity contribution in [2.45, 2.75) is 39.8 Å². The van der Waals surface area contributed by atoms with E-state index in [1.807, 2.05) is 20.8 Å². The molecule has 0 fully saturated rings. The van der Waals surface area contributed by atoms with Crippen molar-refractivity contribution in [2.24, 2.45) is 0 Å². The maximum absolute atomic E-state index is 11.8. The lowest BCUT2D eigenvalue weighted by Crippen LogP contribution is -2.30. The number of nitrogens with zero attached hydrogens (tertiary/aromatic N) is 6. The molecule has 0 saturated heterocycles. The van der Waals surface area contributed by atoms with Crippen LogP contribution in [0.1, 0.15) is 31.0 Å². The summed E-state index contributed by atoms with van der Waals surface area (Å²) in [6.45, 7) is 6.75. The monoisotopic (exact) mass is 277 g/mol. The van der Waals surface area contributed by atoms with Crippen LogP contribution in [0.5, 0.6) is 0 Å². The molecule has 0 bridgehead atoms. The number of carbonyl (C=O) groups excluding carboxylic acids is 1. The fourth-order valence-electron chi connectivity index (χ4n) is 1.87. The average molecular weight is 277 g/mol. The molecule has 0 radical (unpaired) electrons. The summed E-state index contributed by atoms with van der Waals surface area (Å²) in [5, 5.41) is 11.1. The van der Waals surface area contributed by atoms with Crippen LogP contribution in [0.3, 0.4) is 0 Å². The average Bonchev–Trinajstić information content (AvgIpc) is 3.03. The first kappa shape index (κ1) is 14.2. The molecule has 0 aliphatic rings. The molecule has 2 aromatic heterocycles. The van der Waals surface area contributed by atoms with Crippen molar-refractivity contribution in [1.29, 1.82) is 0 Å². The van der Waals surface area contributed by atoms with Gasteiger partial charge < -0.3 is 5.32 Å². The lowest BCUT2D eigenvalue weighted by Gasteiger charge is -2.12. The Bertz CT molecular complexity index is 560. The van der Waals surface area contributed by atoms with Crippen LogP contribution < -0.4 is 5.32 Å². The van der Waals surface area contributed by atoms with Gasteiger partial charge in [0, 0.05) is 13.0 Å². The molecule has 0 saturated carbocycles. The van der Waals surface area contributed by atoms with Crippen LogP contribution in [0.15, 0.2) is 12.7 Å². The molecule has 0 aliphatic heterocycles. The van der Waals surface area contributed by atoms with Crippen molar-refractivity contribution in [3.8, 4) is 0 Å². The fourth-order valence-corrected chi connectivity index (χ4v) is 1.87. The summed E-state index contributed by atoms with van der Waals surface area (Å²) in [6.07, 6.45) is 3.50. The lowest BCUT2D eigenvalue weighted by atomic mass is 10.3. The fraction of sp³-hybridized carbons (Fsp3) is 0.583.